The van der Waals surface area contributed by atoms with E-state index in [2.05, 4.69) is 17.3 Å². The molecule has 47 heavy (non-hydrogen) atoms. The summed E-state index contributed by atoms with van der Waals surface area (Å²) in [5, 5.41) is 2.89. The van der Waals surface area contributed by atoms with E-state index in [9.17, 15) is 14.4 Å². The van der Waals surface area contributed by atoms with Gasteiger partial charge in [0, 0.05) is 45.2 Å². The number of halogens is 2. The molecule has 0 radical (unpaired) electrons. The predicted molar refractivity (Wildman–Crippen MR) is 192 cm³/mol. The summed E-state index contributed by atoms with van der Waals surface area (Å²) in [7, 11) is 3.77. The zero-order valence-corrected chi connectivity index (χ0v) is 28.8. The molecule has 0 saturated carbocycles. The SMILES string of the molecule is CN1CCN(C(=O)CCCCCOc2ccccc2N(C)C(=O)c2cccc(NC(=O)c3ccccc3)c2OCCCN)CC1.Cl.Cl. The number of nitrogens with one attached hydrogen (secondary N) is 1. The average molecular weight is 689 g/mol. The Labute approximate surface area is 290 Å². The lowest BCUT2D eigenvalue weighted by Crippen LogP contribution is -2.47. The summed E-state index contributed by atoms with van der Waals surface area (Å²) in [5.74, 6) is 0.480. The molecule has 1 heterocycles. The van der Waals surface area contributed by atoms with Crippen LogP contribution in [0.1, 0.15) is 52.8 Å². The maximum atomic E-state index is 13.9. The molecule has 4 rings (SSSR count). The van der Waals surface area contributed by atoms with E-state index in [1.54, 1.807) is 49.5 Å². The van der Waals surface area contributed by atoms with Crippen molar-refractivity contribution in [3.05, 3.63) is 83.9 Å². The maximum absolute atomic E-state index is 13.9. The lowest BCUT2D eigenvalue weighted by atomic mass is 10.1. The Balaban J connectivity index is 0.00000384. The third-order valence-corrected chi connectivity index (χ3v) is 7.80. The summed E-state index contributed by atoms with van der Waals surface area (Å²) in [5.41, 5.74) is 7.49. The number of nitrogens with two attached hydrogens (primary N) is 1. The molecular weight excluding hydrogens is 641 g/mol. The normalized spacial score (nSPS) is 12.7. The fourth-order valence-corrected chi connectivity index (χ4v) is 5.10. The van der Waals surface area contributed by atoms with E-state index in [0.717, 1.165) is 45.4 Å². The molecular formula is C35H47Cl2N5O5. The third-order valence-electron chi connectivity index (χ3n) is 7.80. The minimum atomic E-state index is -0.313. The van der Waals surface area contributed by atoms with Gasteiger partial charge in [0.2, 0.25) is 5.91 Å². The molecule has 0 bridgehead atoms. The van der Waals surface area contributed by atoms with Crippen molar-refractivity contribution in [2.75, 3.05) is 70.2 Å². The molecule has 0 aromatic heterocycles. The van der Waals surface area contributed by atoms with E-state index in [1.807, 2.05) is 35.2 Å². The Kier molecular flexibility index (Phi) is 17.1. The molecule has 3 N–H and O–H groups in total. The molecule has 0 spiro atoms. The highest BCUT2D eigenvalue weighted by Crippen LogP contribution is 2.34. The lowest BCUT2D eigenvalue weighted by molar-refractivity contribution is -0.132. The Morgan fingerprint density at radius 1 is 0.809 bits per heavy atom. The van der Waals surface area contributed by atoms with Gasteiger partial charge in [-0.25, -0.2) is 0 Å². The van der Waals surface area contributed by atoms with E-state index in [-0.39, 0.29) is 48.3 Å². The zero-order chi connectivity index (χ0) is 32.0. The first kappa shape index (κ1) is 39.3. The van der Waals surface area contributed by atoms with Crippen LogP contribution in [0.4, 0.5) is 11.4 Å². The first-order valence-electron chi connectivity index (χ1n) is 15.7. The van der Waals surface area contributed by atoms with E-state index < -0.39 is 0 Å². The second-order valence-electron chi connectivity index (χ2n) is 11.2. The molecule has 1 saturated heterocycles. The van der Waals surface area contributed by atoms with Gasteiger partial charge in [-0.2, -0.15) is 0 Å². The molecule has 10 nitrogen and oxygen atoms in total. The molecule has 0 atom stereocenters. The van der Waals surface area contributed by atoms with Crippen molar-refractivity contribution in [2.45, 2.75) is 32.1 Å². The molecule has 1 aliphatic heterocycles. The smallest absolute Gasteiger partial charge is 0.261 e. The highest BCUT2D eigenvalue weighted by Gasteiger charge is 2.24. The number of likely N-dealkylation sites (N-methyl/N-ethyl adjacent to an activating group) is 1. The van der Waals surface area contributed by atoms with E-state index in [0.29, 0.717) is 60.9 Å². The molecule has 256 valence electrons. The van der Waals surface area contributed by atoms with Gasteiger partial charge in [0.05, 0.1) is 30.2 Å². The van der Waals surface area contributed by atoms with Crippen molar-refractivity contribution < 1.29 is 23.9 Å². The number of benzene rings is 3. The summed E-state index contributed by atoms with van der Waals surface area (Å²) in [6.45, 7) is 4.64. The van der Waals surface area contributed by atoms with Gasteiger partial charge < -0.3 is 35.2 Å². The monoisotopic (exact) mass is 687 g/mol. The first-order chi connectivity index (χ1) is 21.9. The van der Waals surface area contributed by atoms with Gasteiger partial charge in [-0.1, -0.05) is 36.4 Å². The van der Waals surface area contributed by atoms with E-state index >= 15 is 0 Å². The van der Waals surface area contributed by atoms with Crippen molar-refractivity contribution in [1.29, 1.82) is 0 Å². The summed E-state index contributed by atoms with van der Waals surface area (Å²) in [6.07, 6.45) is 3.63. The van der Waals surface area contributed by atoms with Crippen LogP contribution in [0.2, 0.25) is 0 Å². The van der Waals surface area contributed by atoms with Gasteiger partial charge in [-0.15, -0.1) is 24.8 Å². The molecule has 12 heteroatoms. The molecule has 1 fully saturated rings. The second-order valence-corrected chi connectivity index (χ2v) is 11.2. The summed E-state index contributed by atoms with van der Waals surface area (Å²) >= 11 is 0. The summed E-state index contributed by atoms with van der Waals surface area (Å²) in [6, 6.07) is 21.4. The van der Waals surface area contributed by atoms with Gasteiger partial charge in [-0.05, 0) is 75.7 Å². The summed E-state index contributed by atoms with van der Waals surface area (Å²) in [4.78, 5) is 45.1. The second kappa shape index (κ2) is 20.4. The van der Waals surface area contributed by atoms with Crippen LogP contribution in [0.3, 0.4) is 0 Å². The molecule has 1 aliphatic rings. The van der Waals surface area contributed by atoms with Crippen molar-refractivity contribution >= 4 is 53.9 Å². The lowest BCUT2D eigenvalue weighted by Gasteiger charge is -2.32. The molecule has 3 aromatic carbocycles. The topological polar surface area (TPSA) is 117 Å². The van der Waals surface area contributed by atoms with Crippen molar-refractivity contribution in [3.8, 4) is 11.5 Å². The third kappa shape index (κ3) is 11.4. The number of ether oxygens (including phenoxy) is 2. The Morgan fingerprint density at radius 2 is 1.49 bits per heavy atom. The quantitative estimate of drug-likeness (QED) is 0.203. The summed E-state index contributed by atoms with van der Waals surface area (Å²) < 4.78 is 12.2. The largest absolute Gasteiger partial charge is 0.491 e. The molecule has 3 amide bonds. The number of unbranched alkanes of at least 4 members (excludes halogenated alkanes) is 2. The fraction of sp³-hybridized carbons (Fsp3) is 0.400. The highest BCUT2D eigenvalue weighted by atomic mass is 35.5. The molecule has 0 unspecified atom stereocenters. The predicted octanol–water partition coefficient (Wildman–Crippen LogP) is 5.50. The Hall–Kier alpha value is -3.83. The Bertz CT molecular complexity index is 1420. The van der Waals surface area contributed by atoms with Crippen LogP contribution in [0.15, 0.2) is 72.8 Å². The zero-order valence-electron chi connectivity index (χ0n) is 27.2. The van der Waals surface area contributed by atoms with Gasteiger partial charge in [0.1, 0.15) is 5.75 Å². The minimum Gasteiger partial charge on any atom is -0.491 e. The number of anilines is 2. The van der Waals surface area contributed by atoms with Crippen LogP contribution in [-0.2, 0) is 4.79 Å². The Morgan fingerprint density at radius 3 is 2.21 bits per heavy atom. The average Bonchev–Trinajstić information content (AvgIpc) is 3.07. The van der Waals surface area contributed by atoms with Crippen LogP contribution < -0.4 is 25.4 Å². The van der Waals surface area contributed by atoms with Crippen molar-refractivity contribution in [3.63, 3.8) is 0 Å². The number of rotatable bonds is 15. The number of carbonyl (C=O) groups is 3. The molecule has 0 aliphatic carbocycles. The number of piperazine rings is 1. The van der Waals surface area contributed by atoms with Crippen molar-refractivity contribution in [2.24, 2.45) is 5.73 Å². The molecule has 3 aromatic rings. The van der Waals surface area contributed by atoms with E-state index in [4.69, 9.17) is 15.2 Å². The number of hydrogen-bond donors (Lipinski definition) is 2. The van der Waals surface area contributed by atoms with Crippen LogP contribution in [-0.4, -0.2) is 87.6 Å². The van der Waals surface area contributed by atoms with E-state index in [1.165, 1.54) is 4.90 Å². The first-order valence-corrected chi connectivity index (χ1v) is 15.7. The van der Waals surface area contributed by atoms with Gasteiger partial charge in [0.15, 0.2) is 5.75 Å². The van der Waals surface area contributed by atoms with Crippen LogP contribution in [0, 0.1) is 0 Å². The minimum absolute atomic E-state index is 0. The van der Waals surface area contributed by atoms with Gasteiger partial charge in [-0.3, -0.25) is 14.4 Å². The van der Waals surface area contributed by atoms with Crippen LogP contribution in [0.25, 0.3) is 0 Å². The van der Waals surface area contributed by atoms with Crippen LogP contribution >= 0.6 is 24.8 Å². The number of carbonyl (C=O) groups excluding carboxylic acids is 3. The van der Waals surface area contributed by atoms with Crippen molar-refractivity contribution in [1.82, 2.24) is 9.80 Å². The number of hydrogen-bond acceptors (Lipinski definition) is 7. The maximum Gasteiger partial charge on any atom is 0.261 e. The van der Waals surface area contributed by atoms with Gasteiger partial charge >= 0.3 is 0 Å². The highest BCUT2D eigenvalue weighted by molar-refractivity contribution is 6.11. The fourth-order valence-electron chi connectivity index (χ4n) is 5.10. The van der Waals surface area contributed by atoms with Gasteiger partial charge in [0.25, 0.3) is 11.8 Å². The number of para-hydroxylation sites is 3. The number of amides is 3. The standard InChI is InChI=1S/C35H45N5O5.2ClH/c1-38-21-23-40(24-22-38)32(41)19-7-4-10-25-44-31-18-9-8-17-30(31)39(2)35(43)28-15-11-16-29(33(28)45-26-12-20-36)37-34(42)27-13-5-3-6-14-27;;/h3,5-6,8-9,11,13-18H,4,7,10,12,19-26,36H2,1-2H3,(H,37,42);2*1H. The van der Waals surface area contributed by atoms with Crippen LogP contribution in [0.5, 0.6) is 11.5 Å². The number of nitrogens with zero attached hydrogens (tertiary/aromatic N) is 3.